The normalized spacial score (nSPS) is 11.5. The molecule has 0 spiro atoms. The van der Waals surface area contributed by atoms with Crippen molar-refractivity contribution in [2.24, 2.45) is 5.10 Å². The molecule has 3 aromatic rings. The van der Waals surface area contributed by atoms with Crippen LogP contribution in [-0.2, 0) is 0 Å². The Morgan fingerprint density at radius 1 is 1.12 bits per heavy atom. The summed E-state index contributed by atoms with van der Waals surface area (Å²) in [6.45, 7) is 1.58. The number of fused-ring (bicyclic) bond motifs is 1. The molecular weight excluding hydrogens is 311 g/mol. The molecule has 6 nitrogen and oxygen atoms in total. The minimum Gasteiger partial charge on any atom is -0.267 e. The van der Waals surface area contributed by atoms with E-state index in [0.29, 0.717) is 16.5 Å². The van der Waals surface area contributed by atoms with E-state index in [0.717, 1.165) is 0 Å². The predicted molar refractivity (Wildman–Crippen MR) is 88.4 cm³/mol. The van der Waals surface area contributed by atoms with Crippen LogP contribution in [0.25, 0.3) is 10.8 Å². The van der Waals surface area contributed by atoms with Crippen LogP contribution in [0, 0.1) is 5.82 Å². The number of hydrogen-bond donors (Lipinski definition) is 2. The largest absolute Gasteiger partial charge is 0.292 e. The number of H-pyrrole nitrogens is 1. The first kappa shape index (κ1) is 15.5. The van der Waals surface area contributed by atoms with Gasteiger partial charge in [0.1, 0.15) is 5.82 Å². The van der Waals surface area contributed by atoms with Gasteiger partial charge in [0.15, 0.2) is 5.69 Å². The number of nitrogens with zero attached hydrogens (tertiary/aromatic N) is 2. The molecule has 120 valence electrons. The highest BCUT2D eigenvalue weighted by atomic mass is 19.1. The second-order valence-corrected chi connectivity index (χ2v) is 5.06. The standard InChI is InChI=1S/C17H13FN4O2/c1-10(11-6-4-5-9-14(11)18)19-22-17(24)15-12-7-2-3-8-13(12)16(23)21-20-15/h2-9H,1H3,(H,21,23)(H,22,24)/b19-10+. The van der Waals surface area contributed by atoms with Crippen molar-refractivity contribution in [1.82, 2.24) is 15.6 Å². The van der Waals surface area contributed by atoms with E-state index in [4.69, 9.17) is 0 Å². The highest BCUT2D eigenvalue weighted by molar-refractivity contribution is 6.06. The van der Waals surface area contributed by atoms with Crippen molar-refractivity contribution in [2.75, 3.05) is 0 Å². The SMILES string of the molecule is C/C(=N\NC(=O)c1n[nH]c(=O)c2ccccc12)c1ccccc1F. The molecule has 0 aliphatic carbocycles. The van der Waals surface area contributed by atoms with E-state index in [9.17, 15) is 14.0 Å². The van der Waals surface area contributed by atoms with Crippen LogP contribution in [0.5, 0.6) is 0 Å². The summed E-state index contributed by atoms with van der Waals surface area (Å²) in [6.07, 6.45) is 0. The number of carbonyl (C=O) groups excluding carboxylic acids is 1. The lowest BCUT2D eigenvalue weighted by atomic mass is 10.1. The fraction of sp³-hybridized carbons (Fsp3) is 0.0588. The van der Waals surface area contributed by atoms with Gasteiger partial charge in [0.25, 0.3) is 11.5 Å². The molecule has 0 fully saturated rings. The van der Waals surface area contributed by atoms with E-state index < -0.39 is 11.7 Å². The van der Waals surface area contributed by atoms with Gasteiger partial charge in [-0.05, 0) is 19.1 Å². The third kappa shape index (κ3) is 2.91. The Kier molecular flexibility index (Phi) is 4.15. The number of aromatic nitrogens is 2. The van der Waals surface area contributed by atoms with Crippen LogP contribution < -0.4 is 11.0 Å². The van der Waals surface area contributed by atoms with Crippen molar-refractivity contribution >= 4 is 22.4 Å². The highest BCUT2D eigenvalue weighted by Gasteiger charge is 2.14. The maximum absolute atomic E-state index is 13.7. The number of hydrazone groups is 1. The van der Waals surface area contributed by atoms with Crippen LogP contribution in [0.1, 0.15) is 23.0 Å². The smallest absolute Gasteiger partial charge is 0.267 e. The van der Waals surface area contributed by atoms with Crippen LogP contribution in [0.4, 0.5) is 4.39 Å². The summed E-state index contributed by atoms with van der Waals surface area (Å²) in [5, 5.41) is 10.7. The molecule has 2 aromatic carbocycles. The van der Waals surface area contributed by atoms with Crippen molar-refractivity contribution in [3.8, 4) is 0 Å². The molecule has 0 bridgehead atoms. The third-order valence-corrected chi connectivity index (χ3v) is 3.50. The average Bonchev–Trinajstić information content (AvgIpc) is 2.60. The van der Waals surface area contributed by atoms with Gasteiger partial charge in [-0.1, -0.05) is 36.4 Å². The molecule has 0 radical (unpaired) electrons. The van der Waals surface area contributed by atoms with E-state index in [2.05, 4.69) is 20.7 Å². The summed E-state index contributed by atoms with van der Waals surface area (Å²) in [5.41, 5.74) is 2.59. The Bertz CT molecular complexity index is 1010. The predicted octanol–water partition coefficient (Wildman–Crippen LogP) is 2.22. The van der Waals surface area contributed by atoms with Gasteiger partial charge in [0.2, 0.25) is 0 Å². The molecule has 0 saturated carbocycles. The van der Waals surface area contributed by atoms with E-state index in [-0.39, 0.29) is 16.8 Å². The zero-order valence-corrected chi connectivity index (χ0v) is 12.7. The molecule has 24 heavy (non-hydrogen) atoms. The Balaban J connectivity index is 1.91. The summed E-state index contributed by atoms with van der Waals surface area (Å²) < 4.78 is 13.7. The van der Waals surface area contributed by atoms with E-state index in [1.54, 1.807) is 49.4 Å². The molecule has 1 amide bonds. The second kappa shape index (κ2) is 6.41. The van der Waals surface area contributed by atoms with Crippen LogP contribution in [0.15, 0.2) is 58.4 Å². The Hall–Kier alpha value is -3.35. The molecule has 2 N–H and O–H groups in total. The van der Waals surface area contributed by atoms with Gasteiger partial charge in [-0.25, -0.2) is 14.9 Å². The summed E-state index contributed by atoms with van der Waals surface area (Å²) >= 11 is 0. The maximum atomic E-state index is 13.7. The number of amides is 1. The molecule has 0 aliphatic heterocycles. The fourth-order valence-electron chi connectivity index (χ4n) is 2.29. The van der Waals surface area contributed by atoms with Crippen LogP contribution in [0.3, 0.4) is 0 Å². The molecule has 1 heterocycles. The third-order valence-electron chi connectivity index (χ3n) is 3.50. The maximum Gasteiger partial charge on any atom is 0.292 e. The Morgan fingerprint density at radius 2 is 1.79 bits per heavy atom. The minimum atomic E-state index is -0.599. The molecule has 0 unspecified atom stereocenters. The number of hydrogen-bond acceptors (Lipinski definition) is 4. The van der Waals surface area contributed by atoms with Crippen molar-refractivity contribution in [1.29, 1.82) is 0 Å². The van der Waals surface area contributed by atoms with Gasteiger partial charge in [-0.15, -0.1) is 0 Å². The van der Waals surface area contributed by atoms with Crippen molar-refractivity contribution in [2.45, 2.75) is 6.92 Å². The van der Waals surface area contributed by atoms with Gasteiger partial charge < -0.3 is 0 Å². The van der Waals surface area contributed by atoms with Crippen molar-refractivity contribution in [3.05, 3.63) is 76.0 Å². The number of carbonyl (C=O) groups is 1. The van der Waals surface area contributed by atoms with Gasteiger partial charge >= 0.3 is 0 Å². The second-order valence-electron chi connectivity index (χ2n) is 5.06. The summed E-state index contributed by atoms with van der Waals surface area (Å²) in [5.74, 6) is -1.03. The lowest BCUT2D eigenvalue weighted by Gasteiger charge is -2.05. The molecule has 1 aromatic heterocycles. The Labute approximate surface area is 136 Å². The van der Waals surface area contributed by atoms with Crippen LogP contribution in [-0.4, -0.2) is 21.8 Å². The lowest BCUT2D eigenvalue weighted by molar-refractivity contribution is 0.0950. The van der Waals surface area contributed by atoms with Crippen molar-refractivity contribution < 1.29 is 9.18 Å². The van der Waals surface area contributed by atoms with Crippen LogP contribution in [0.2, 0.25) is 0 Å². The first-order valence-corrected chi connectivity index (χ1v) is 7.15. The molecule has 0 saturated heterocycles. The number of rotatable bonds is 3. The average molecular weight is 324 g/mol. The van der Waals surface area contributed by atoms with Gasteiger partial charge in [-0.2, -0.15) is 10.2 Å². The van der Waals surface area contributed by atoms with Gasteiger partial charge in [0.05, 0.1) is 11.1 Å². The molecule has 0 aliphatic rings. The van der Waals surface area contributed by atoms with Crippen molar-refractivity contribution in [3.63, 3.8) is 0 Å². The lowest BCUT2D eigenvalue weighted by Crippen LogP contribution is -2.23. The Morgan fingerprint density at radius 3 is 2.54 bits per heavy atom. The fourth-order valence-corrected chi connectivity index (χ4v) is 2.29. The first-order chi connectivity index (χ1) is 11.6. The topological polar surface area (TPSA) is 87.2 Å². The first-order valence-electron chi connectivity index (χ1n) is 7.15. The molecule has 7 heteroatoms. The molecular formula is C17H13FN4O2. The minimum absolute atomic E-state index is 0.0373. The zero-order chi connectivity index (χ0) is 17.1. The van der Waals surface area contributed by atoms with E-state index >= 15 is 0 Å². The van der Waals surface area contributed by atoms with E-state index in [1.807, 2.05) is 0 Å². The number of benzene rings is 2. The number of halogens is 1. The monoisotopic (exact) mass is 324 g/mol. The van der Waals surface area contributed by atoms with Crippen LogP contribution >= 0.6 is 0 Å². The van der Waals surface area contributed by atoms with E-state index in [1.165, 1.54) is 6.07 Å². The molecule has 0 atom stereocenters. The summed E-state index contributed by atoms with van der Waals surface area (Å²) in [6, 6.07) is 12.7. The summed E-state index contributed by atoms with van der Waals surface area (Å²) in [4.78, 5) is 24.0. The highest BCUT2D eigenvalue weighted by Crippen LogP contribution is 2.12. The number of aromatic amines is 1. The van der Waals surface area contributed by atoms with Gasteiger partial charge in [0, 0.05) is 10.9 Å². The quantitative estimate of drug-likeness (QED) is 0.572. The molecule has 3 rings (SSSR count). The zero-order valence-electron chi connectivity index (χ0n) is 12.7. The number of nitrogens with one attached hydrogen (secondary N) is 2. The van der Waals surface area contributed by atoms with Gasteiger partial charge in [-0.3, -0.25) is 9.59 Å². The summed E-state index contributed by atoms with van der Waals surface area (Å²) in [7, 11) is 0.